The fourth-order valence-corrected chi connectivity index (χ4v) is 2.90. The molecule has 0 atom stereocenters. The predicted octanol–water partition coefficient (Wildman–Crippen LogP) is 2.94. The van der Waals surface area contributed by atoms with Crippen molar-refractivity contribution in [2.24, 2.45) is 4.99 Å². The lowest BCUT2D eigenvalue weighted by Crippen LogP contribution is -2.36. The summed E-state index contributed by atoms with van der Waals surface area (Å²) in [7, 11) is 3.44. The molecule has 2 aromatic heterocycles. The maximum atomic E-state index is 5.95. The number of guanidine groups is 1. The van der Waals surface area contributed by atoms with Crippen LogP contribution in [0.3, 0.4) is 0 Å². The van der Waals surface area contributed by atoms with Crippen LogP contribution >= 0.6 is 24.0 Å². The van der Waals surface area contributed by atoms with Gasteiger partial charge in [-0.3, -0.25) is 9.39 Å². The highest BCUT2D eigenvalue weighted by Gasteiger charge is 2.08. The molecule has 0 amide bonds. The molecule has 0 aliphatic heterocycles. The third-order valence-corrected chi connectivity index (χ3v) is 4.44. The molecular weight excluding hydrogens is 495 g/mol. The number of nitrogens with one attached hydrogen (secondary N) is 2. The monoisotopic (exact) mass is 524 g/mol. The van der Waals surface area contributed by atoms with Crippen molar-refractivity contribution in [2.45, 2.75) is 26.4 Å². The summed E-state index contributed by atoms with van der Waals surface area (Å²) < 4.78 is 13.0. The number of nitrogens with zero attached hydrogens (tertiary/aromatic N) is 4. The number of aromatic nitrogens is 3. The first kappa shape index (κ1) is 23.9. The lowest BCUT2D eigenvalue weighted by Gasteiger charge is -2.15. The number of halogens is 1. The van der Waals surface area contributed by atoms with Gasteiger partial charge in [0.05, 0.1) is 13.2 Å². The fourth-order valence-electron chi connectivity index (χ4n) is 2.90. The Morgan fingerprint density at radius 1 is 1.10 bits per heavy atom. The Morgan fingerprint density at radius 3 is 2.73 bits per heavy atom. The Balaban J connectivity index is 0.00000320. The van der Waals surface area contributed by atoms with Crippen molar-refractivity contribution in [1.29, 1.82) is 0 Å². The molecule has 162 valence electrons. The van der Waals surface area contributed by atoms with Crippen LogP contribution in [0.5, 0.6) is 5.75 Å². The van der Waals surface area contributed by atoms with Crippen LogP contribution in [0.25, 0.3) is 5.65 Å². The van der Waals surface area contributed by atoms with Crippen molar-refractivity contribution < 1.29 is 9.47 Å². The van der Waals surface area contributed by atoms with E-state index >= 15 is 0 Å². The molecule has 2 N–H and O–H groups in total. The lowest BCUT2D eigenvalue weighted by atomic mass is 10.1. The number of benzene rings is 1. The number of aliphatic imine (C=N–C) groups is 1. The Kier molecular flexibility index (Phi) is 9.81. The minimum absolute atomic E-state index is 0. The van der Waals surface area contributed by atoms with Gasteiger partial charge in [-0.25, -0.2) is 0 Å². The molecule has 0 aliphatic rings. The van der Waals surface area contributed by atoms with Crippen LogP contribution in [0.1, 0.15) is 23.4 Å². The van der Waals surface area contributed by atoms with E-state index in [4.69, 9.17) is 9.47 Å². The van der Waals surface area contributed by atoms with Crippen molar-refractivity contribution in [3.63, 3.8) is 0 Å². The summed E-state index contributed by atoms with van der Waals surface area (Å²) in [6.45, 7) is 4.48. The number of hydrogen-bond acceptors (Lipinski definition) is 5. The second-order valence-corrected chi connectivity index (χ2v) is 6.63. The van der Waals surface area contributed by atoms with E-state index in [9.17, 15) is 0 Å². The second kappa shape index (κ2) is 12.3. The zero-order valence-electron chi connectivity index (χ0n) is 17.6. The number of ether oxygens (including phenoxy) is 2. The van der Waals surface area contributed by atoms with E-state index in [1.165, 1.54) is 0 Å². The van der Waals surface area contributed by atoms with Gasteiger partial charge in [0.25, 0.3) is 0 Å². The molecule has 30 heavy (non-hydrogen) atoms. The van der Waals surface area contributed by atoms with Gasteiger partial charge in [0.2, 0.25) is 0 Å². The van der Waals surface area contributed by atoms with Gasteiger partial charge in [-0.1, -0.05) is 18.2 Å². The van der Waals surface area contributed by atoms with Crippen LogP contribution < -0.4 is 15.4 Å². The molecule has 0 unspecified atom stereocenters. The Hall–Kier alpha value is -2.40. The quantitative estimate of drug-likeness (QED) is 0.194. The zero-order chi connectivity index (χ0) is 20.5. The molecule has 0 saturated carbocycles. The number of hydrogen-bond donors (Lipinski definition) is 2. The van der Waals surface area contributed by atoms with E-state index in [2.05, 4.69) is 50.9 Å². The molecule has 0 saturated heterocycles. The van der Waals surface area contributed by atoms with E-state index in [0.717, 1.165) is 34.8 Å². The van der Waals surface area contributed by atoms with Gasteiger partial charge in [-0.05, 0) is 30.7 Å². The molecule has 2 heterocycles. The van der Waals surface area contributed by atoms with Crippen molar-refractivity contribution in [2.75, 3.05) is 27.4 Å². The highest BCUT2D eigenvalue weighted by molar-refractivity contribution is 14.0. The summed E-state index contributed by atoms with van der Waals surface area (Å²) in [6.07, 6.45) is 2.80. The Labute approximate surface area is 194 Å². The molecular formula is C21H29IN6O2. The average molecular weight is 524 g/mol. The third kappa shape index (κ3) is 6.56. The molecule has 9 heteroatoms. The number of aryl methyl sites for hydroxylation is 1. The topological polar surface area (TPSA) is 85.1 Å². The Bertz CT molecular complexity index is 960. The van der Waals surface area contributed by atoms with Crippen molar-refractivity contribution in [3.8, 4) is 5.75 Å². The highest BCUT2D eigenvalue weighted by atomic mass is 127. The van der Waals surface area contributed by atoms with Gasteiger partial charge in [-0.2, -0.15) is 0 Å². The van der Waals surface area contributed by atoms with Crippen LogP contribution in [0.4, 0.5) is 0 Å². The Morgan fingerprint density at radius 2 is 1.93 bits per heavy atom. The summed E-state index contributed by atoms with van der Waals surface area (Å²) in [6, 6.07) is 12.0. The van der Waals surface area contributed by atoms with E-state index in [1.54, 1.807) is 14.2 Å². The number of methoxy groups -OCH3 is 1. The predicted molar refractivity (Wildman–Crippen MR) is 129 cm³/mol. The summed E-state index contributed by atoms with van der Waals surface area (Å²) in [5, 5.41) is 15.0. The first-order valence-corrected chi connectivity index (χ1v) is 9.65. The lowest BCUT2D eigenvalue weighted by molar-refractivity contribution is 0.171. The summed E-state index contributed by atoms with van der Waals surface area (Å²) in [4.78, 5) is 4.30. The second-order valence-electron chi connectivity index (χ2n) is 6.63. The SMILES string of the molecule is CN=C(NCc1ccc(C)cc1OCCCOC)NCc1nnc2ccccn12.I. The highest BCUT2D eigenvalue weighted by Crippen LogP contribution is 2.20. The van der Waals surface area contributed by atoms with Gasteiger partial charge in [0.1, 0.15) is 5.75 Å². The molecule has 8 nitrogen and oxygen atoms in total. The largest absolute Gasteiger partial charge is 0.493 e. The van der Waals surface area contributed by atoms with Crippen LogP contribution in [-0.2, 0) is 17.8 Å². The molecule has 3 aromatic rings. The normalized spacial score (nSPS) is 11.2. The molecule has 0 fully saturated rings. The van der Waals surface area contributed by atoms with Crippen LogP contribution in [0.2, 0.25) is 0 Å². The minimum Gasteiger partial charge on any atom is -0.493 e. The van der Waals surface area contributed by atoms with Gasteiger partial charge in [0, 0.05) is 45.5 Å². The fraction of sp³-hybridized carbons (Fsp3) is 0.381. The average Bonchev–Trinajstić information content (AvgIpc) is 3.15. The zero-order valence-corrected chi connectivity index (χ0v) is 19.9. The maximum absolute atomic E-state index is 5.95. The molecule has 0 bridgehead atoms. The van der Waals surface area contributed by atoms with Gasteiger partial charge in [0.15, 0.2) is 17.4 Å². The number of pyridine rings is 1. The maximum Gasteiger partial charge on any atom is 0.191 e. The van der Waals surface area contributed by atoms with Crippen molar-refractivity contribution in [1.82, 2.24) is 25.2 Å². The molecule has 0 radical (unpaired) electrons. The van der Waals surface area contributed by atoms with Crippen molar-refractivity contribution >= 4 is 35.6 Å². The summed E-state index contributed by atoms with van der Waals surface area (Å²) in [5.41, 5.74) is 3.06. The smallest absolute Gasteiger partial charge is 0.191 e. The number of fused-ring (bicyclic) bond motifs is 1. The standard InChI is InChI=1S/C21H28N6O2.HI/c1-16-8-9-17(18(13-16)29-12-6-11-28-3)14-23-21(22-2)24-15-20-26-25-19-7-4-5-10-27(19)20;/h4-5,7-10,13H,6,11-12,14-15H2,1-3H3,(H2,22,23,24);1H. The van der Waals surface area contributed by atoms with E-state index < -0.39 is 0 Å². The molecule has 1 aromatic carbocycles. The van der Waals surface area contributed by atoms with E-state index in [1.807, 2.05) is 28.8 Å². The van der Waals surface area contributed by atoms with Gasteiger partial charge < -0.3 is 20.1 Å². The molecule has 0 spiro atoms. The van der Waals surface area contributed by atoms with E-state index in [-0.39, 0.29) is 24.0 Å². The van der Waals surface area contributed by atoms with Gasteiger partial charge >= 0.3 is 0 Å². The first-order valence-electron chi connectivity index (χ1n) is 9.65. The van der Waals surface area contributed by atoms with Crippen LogP contribution in [0, 0.1) is 6.92 Å². The van der Waals surface area contributed by atoms with Crippen LogP contribution in [-0.4, -0.2) is 47.9 Å². The molecule has 0 aliphatic carbocycles. The first-order chi connectivity index (χ1) is 14.2. The van der Waals surface area contributed by atoms with Crippen molar-refractivity contribution in [3.05, 3.63) is 59.5 Å². The van der Waals surface area contributed by atoms with Gasteiger partial charge in [-0.15, -0.1) is 34.2 Å². The van der Waals surface area contributed by atoms with Crippen LogP contribution in [0.15, 0.2) is 47.6 Å². The summed E-state index contributed by atoms with van der Waals surface area (Å²) >= 11 is 0. The summed E-state index contributed by atoms with van der Waals surface area (Å²) in [5.74, 6) is 2.39. The number of rotatable bonds is 9. The minimum atomic E-state index is 0. The molecule has 3 rings (SSSR count). The van der Waals surface area contributed by atoms with E-state index in [0.29, 0.717) is 32.3 Å². The third-order valence-electron chi connectivity index (χ3n) is 4.44.